The largest absolute Gasteiger partial charge is 0.497 e. The standard InChI is InChI=1S/C35H36O4/c1-36-32-18-16-27(17-19-32)20-31-14-8-9-15-35(31)39-34-22-30(25-37-24-28-10-4-2-5-11-28)21-33(23-34)38-26-29-12-6-3-7-13-29/h2-19,22,33-34H,20-21,23-26H2,1H3/t33-,34+/m0/s1. The first-order valence-corrected chi connectivity index (χ1v) is 13.6. The van der Waals surface area contributed by atoms with Crippen LogP contribution in [-0.2, 0) is 29.1 Å². The molecule has 200 valence electrons. The van der Waals surface area contributed by atoms with E-state index in [0.717, 1.165) is 36.3 Å². The number of rotatable bonds is 12. The molecule has 2 atom stereocenters. The molecular weight excluding hydrogens is 484 g/mol. The van der Waals surface area contributed by atoms with Gasteiger partial charge in [0.2, 0.25) is 0 Å². The van der Waals surface area contributed by atoms with Gasteiger partial charge in [0.1, 0.15) is 17.6 Å². The summed E-state index contributed by atoms with van der Waals surface area (Å²) >= 11 is 0. The van der Waals surface area contributed by atoms with Crippen LogP contribution in [0, 0.1) is 0 Å². The van der Waals surface area contributed by atoms with Gasteiger partial charge in [-0.15, -0.1) is 0 Å². The Morgan fingerprint density at radius 3 is 2.05 bits per heavy atom. The van der Waals surface area contributed by atoms with Crippen molar-refractivity contribution < 1.29 is 18.9 Å². The number of hydrogen-bond donors (Lipinski definition) is 0. The molecule has 0 bridgehead atoms. The molecule has 4 heteroatoms. The monoisotopic (exact) mass is 520 g/mol. The van der Waals surface area contributed by atoms with Crippen LogP contribution in [0.5, 0.6) is 11.5 Å². The lowest BCUT2D eigenvalue weighted by Gasteiger charge is -2.30. The molecule has 0 unspecified atom stereocenters. The Bertz CT molecular complexity index is 1320. The van der Waals surface area contributed by atoms with Crippen LogP contribution < -0.4 is 9.47 Å². The molecule has 0 aliphatic heterocycles. The fourth-order valence-electron chi connectivity index (χ4n) is 4.90. The normalized spacial score (nSPS) is 16.9. The van der Waals surface area contributed by atoms with Crippen molar-refractivity contribution in [1.29, 1.82) is 0 Å². The second-order valence-electron chi connectivity index (χ2n) is 9.95. The van der Waals surface area contributed by atoms with Crippen molar-refractivity contribution in [2.45, 2.75) is 44.7 Å². The molecule has 1 aliphatic rings. The van der Waals surface area contributed by atoms with Crippen LogP contribution in [0.2, 0.25) is 0 Å². The summed E-state index contributed by atoms with van der Waals surface area (Å²) in [6, 6.07) is 37.1. The predicted octanol–water partition coefficient (Wildman–Crippen LogP) is 7.56. The fraction of sp³-hybridized carbons (Fsp3) is 0.257. The minimum atomic E-state index is -0.0909. The molecule has 0 heterocycles. The first-order chi connectivity index (χ1) is 19.2. The Morgan fingerprint density at radius 1 is 0.667 bits per heavy atom. The maximum atomic E-state index is 6.64. The van der Waals surface area contributed by atoms with E-state index in [9.17, 15) is 0 Å². The summed E-state index contributed by atoms with van der Waals surface area (Å²) in [7, 11) is 1.69. The van der Waals surface area contributed by atoms with E-state index < -0.39 is 0 Å². The summed E-state index contributed by atoms with van der Waals surface area (Å²) in [5.74, 6) is 1.77. The second-order valence-corrected chi connectivity index (χ2v) is 9.95. The van der Waals surface area contributed by atoms with E-state index in [1.54, 1.807) is 7.11 Å². The van der Waals surface area contributed by atoms with Gasteiger partial charge in [-0.25, -0.2) is 0 Å². The van der Waals surface area contributed by atoms with Crippen LogP contribution in [0.4, 0.5) is 0 Å². The number of ether oxygens (including phenoxy) is 4. The van der Waals surface area contributed by atoms with Crippen LogP contribution in [0.15, 0.2) is 121 Å². The van der Waals surface area contributed by atoms with Gasteiger partial charge in [0.15, 0.2) is 0 Å². The molecule has 0 N–H and O–H groups in total. The first-order valence-electron chi connectivity index (χ1n) is 13.6. The number of hydrogen-bond acceptors (Lipinski definition) is 4. The first kappa shape index (κ1) is 26.7. The molecule has 0 spiro atoms. The Hall–Kier alpha value is -3.86. The smallest absolute Gasteiger partial charge is 0.123 e. The molecule has 0 saturated carbocycles. The van der Waals surface area contributed by atoms with Gasteiger partial charge >= 0.3 is 0 Å². The van der Waals surface area contributed by atoms with Crippen molar-refractivity contribution in [2.75, 3.05) is 13.7 Å². The molecular formula is C35H36O4. The van der Waals surface area contributed by atoms with Gasteiger partial charge < -0.3 is 18.9 Å². The van der Waals surface area contributed by atoms with Crippen LogP contribution in [0.3, 0.4) is 0 Å². The van der Waals surface area contributed by atoms with Crippen molar-refractivity contribution in [2.24, 2.45) is 0 Å². The van der Waals surface area contributed by atoms with E-state index in [1.165, 1.54) is 22.3 Å². The SMILES string of the molecule is COc1ccc(Cc2ccccc2O[C@@H]2C=C(COCc3ccccc3)C[C@H](OCc3ccccc3)C2)cc1. The zero-order valence-electron chi connectivity index (χ0n) is 22.5. The highest BCUT2D eigenvalue weighted by molar-refractivity contribution is 5.39. The van der Waals surface area contributed by atoms with Gasteiger partial charge in [-0.2, -0.15) is 0 Å². The summed E-state index contributed by atoms with van der Waals surface area (Å²) < 4.78 is 24.4. The van der Waals surface area contributed by atoms with E-state index >= 15 is 0 Å². The van der Waals surface area contributed by atoms with E-state index in [1.807, 2.05) is 54.6 Å². The number of benzene rings is 4. The number of methoxy groups -OCH3 is 1. The molecule has 0 amide bonds. The maximum Gasteiger partial charge on any atom is 0.123 e. The third-order valence-electron chi connectivity index (χ3n) is 6.94. The van der Waals surface area contributed by atoms with E-state index in [0.29, 0.717) is 19.8 Å². The molecule has 4 aromatic carbocycles. The van der Waals surface area contributed by atoms with Gasteiger partial charge in [0.25, 0.3) is 0 Å². The van der Waals surface area contributed by atoms with Gasteiger partial charge in [-0.3, -0.25) is 0 Å². The van der Waals surface area contributed by atoms with E-state index in [-0.39, 0.29) is 12.2 Å². The third-order valence-corrected chi connectivity index (χ3v) is 6.94. The van der Waals surface area contributed by atoms with Gasteiger partial charge in [0, 0.05) is 12.8 Å². The predicted molar refractivity (Wildman–Crippen MR) is 155 cm³/mol. The zero-order chi connectivity index (χ0) is 26.7. The lowest BCUT2D eigenvalue weighted by atomic mass is 9.94. The third kappa shape index (κ3) is 8.06. The molecule has 0 saturated heterocycles. The highest BCUT2D eigenvalue weighted by Gasteiger charge is 2.25. The van der Waals surface area contributed by atoms with E-state index in [2.05, 4.69) is 60.7 Å². The van der Waals surface area contributed by atoms with Gasteiger partial charge in [0.05, 0.1) is 33.0 Å². The summed E-state index contributed by atoms with van der Waals surface area (Å²) in [5.41, 5.74) is 5.94. The lowest BCUT2D eigenvalue weighted by molar-refractivity contribution is 0.00762. The Labute approximate surface area is 231 Å². The highest BCUT2D eigenvalue weighted by atomic mass is 16.5. The van der Waals surface area contributed by atoms with Crippen molar-refractivity contribution in [3.63, 3.8) is 0 Å². The molecule has 1 aliphatic carbocycles. The Morgan fingerprint density at radius 2 is 1.33 bits per heavy atom. The van der Waals surface area contributed by atoms with Crippen LogP contribution in [0.1, 0.15) is 35.1 Å². The zero-order valence-corrected chi connectivity index (χ0v) is 22.5. The summed E-state index contributed by atoms with van der Waals surface area (Å²) in [6.07, 6.45) is 4.63. The van der Waals surface area contributed by atoms with Gasteiger partial charge in [-0.05, 0) is 58.5 Å². The average molecular weight is 521 g/mol. The van der Waals surface area contributed by atoms with Crippen molar-refractivity contribution in [3.05, 3.63) is 143 Å². The summed E-state index contributed by atoms with van der Waals surface area (Å²) in [6.45, 7) is 1.74. The summed E-state index contributed by atoms with van der Waals surface area (Å²) in [5, 5.41) is 0. The van der Waals surface area contributed by atoms with E-state index in [4.69, 9.17) is 18.9 Å². The highest BCUT2D eigenvalue weighted by Crippen LogP contribution is 2.29. The minimum Gasteiger partial charge on any atom is -0.497 e. The van der Waals surface area contributed by atoms with Crippen molar-refractivity contribution in [1.82, 2.24) is 0 Å². The Balaban J connectivity index is 1.28. The fourth-order valence-corrected chi connectivity index (χ4v) is 4.90. The number of para-hydroxylation sites is 1. The summed E-state index contributed by atoms with van der Waals surface area (Å²) in [4.78, 5) is 0. The van der Waals surface area contributed by atoms with Crippen LogP contribution in [0.25, 0.3) is 0 Å². The molecule has 39 heavy (non-hydrogen) atoms. The quantitative estimate of drug-likeness (QED) is 0.181. The maximum absolute atomic E-state index is 6.64. The second kappa shape index (κ2) is 13.8. The molecule has 0 radical (unpaired) electrons. The van der Waals surface area contributed by atoms with Crippen LogP contribution >= 0.6 is 0 Å². The Kier molecular flexibility index (Phi) is 9.45. The minimum absolute atomic E-state index is 0.0595. The molecule has 0 fully saturated rings. The lowest BCUT2D eigenvalue weighted by Crippen LogP contribution is -2.30. The topological polar surface area (TPSA) is 36.9 Å². The van der Waals surface area contributed by atoms with Crippen molar-refractivity contribution >= 4 is 0 Å². The van der Waals surface area contributed by atoms with Gasteiger partial charge in [-0.1, -0.05) is 91.0 Å². The molecule has 5 rings (SSSR count). The molecule has 4 nitrogen and oxygen atoms in total. The van der Waals surface area contributed by atoms with Crippen LogP contribution in [-0.4, -0.2) is 25.9 Å². The molecule has 0 aromatic heterocycles. The average Bonchev–Trinajstić information content (AvgIpc) is 2.98. The molecule has 4 aromatic rings. The van der Waals surface area contributed by atoms with Crippen molar-refractivity contribution in [3.8, 4) is 11.5 Å².